The summed E-state index contributed by atoms with van der Waals surface area (Å²) >= 11 is 7.45. The number of hydrogen-bond donors (Lipinski definition) is 1. The molecule has 78 valence electrons. The zero-order valence-corrected chi connectivity index (χ0v) is 9.55. The maximum absolute atomic E-state index is 5.83. The van der Waals surface area contributed by atoms with Crippen LogP contribution in [0.1, 0.15) is 4.88 Å². The Labute approximate surface area is 97.2 Å². The normalized spacial score (nSPS) is 10.2. The molecule has 0 unspecified atom stereocenters. The monoisotopic (exact) mass is 239 g/mol. The van der Waals surface area contributed by atoms with E-state index in [1.54, 1.807) is 17.5 Å². The van der Waals surface area contributed by atoms with Crippen LogP contribution in [0.25, 0.3) is 0 Å². The minimum atomic E-state index is 0.840. The highest BCUT2D eigenvalue weighted by Gasteiger charge is 1.97. The van der Waals surface area contributed by atoms with Crippen molar-refractivity contribution < 1.29 is 0 Å². The quantitative estimate of drug-likeness (QED) is 0.892. The van der Waals surface area contributed by atoms with Crippen molar-refractivity contribution in [3.8, 4) is 0 Å². The van der Waals surface area contributed by atoms with Gasteiger partial charge in [-0.1, -0.05) is 11.6 Å². The first-order chi connectivity index (χ1) is 7.34. The van der Waals surface area contributed by atoms with Crippen molar-refractivity contribution in [1.82, 2.24) is 9.97 Å². The molecule has 0 aliphatic carbocycles. The van der Waals surface area contributed by atoms with Gasteiger partial charge in [0.25, 0.3) is 0 Å². The van der Waals surface area contributed by atoms with E-state index in [4.69, 9.17) is 11.6 Å². The van der Waals surface area contributed by atoms with Gasteiger partial charge in [-0.3, -0.25) is 0 Å². The van der Waals surface area contributed by atoms with Crippen LogP contribution >= 0.6 is 22.9 Å². The Morgan fingerprint density at radius 3 is 2.93 bits per heavy atom. The largest absolute Gasteiger partial charge is 0.370 e. The number of rotatable bonds is 4. The third-order valence-electron chi connectivity index (χ3n) is 1.89. The first-order valence-corrected chi connectivity index (χ1v) is 5.78. The Morgan fingerprint density at radius 2 is 2.27 bits per heavy atom. The molecule has 2 rings (SSSR count). The molecule has 0 saturated heterocycles. The Kier molecular flexibility index (Phi) is 3.53. The minimum absolute atomic E-state index is 0.840. The van der Waals surface area contributed by atoms with E-state index in [0.29, 0.717) is 0 Å². The highest BCUT2D eigenvalue weighted by molar-refractivity contribution is 7.16. The van der Waals surface area contributed by atoms with Gasteiger partial charge in [0.15, 0.2) is 0 Å². The van der Waals surface area contributed by atoms with Crippen LogP contribution in [0.15, 0.2) is 30.7 Å². The molecular formula is C10H10ClN3S. The average Bonchev–Trinajstić information content (AvgIpc) is 2.66. The van der Waals surface area contributed by atoms with Gasteiger partial charge in [-0.2, -0.15) is 0 Å². The second-order valence-corrected chi connectivity index (χ2v) is 4.78. The molecule has 1 N–H and O–H groups in total. The van der Waals surface area contributed by atoms with Crippen LogP contribution in [-0.2, 0) is 6.42 Å². The van der Waals surface area contributed by atoms with Crippen LogP contribution in [0.2, 0.25) is 4.34 Å². The number of thiophene rings is 1. The Hall–Kier alpha value is -1.13. The molecule has 0 aliphatic heterocycles. The first-order valence-electron chi connectivity index (χ1n) is 4.59. The fourth-order valence-corrected chi connectivity index (χ4v) is 2.28. The number of hydrogen-bond acceptors (Lipinski definition) is 4. The van der Waals surface area contributed by atoms with E-state index >= 15 is 0 Å². The number of aromatic nitrogens is 2. The molecule has 5 heteroatoms. The van der Waals surface area contributed by atoms with E-state index in [-0.39, 0.29) is 0 Å². The summed E-state index contributed by atoms with van der Waals surface area (Å²) in [4.78, 5) is 9.20. The highest BCUT2D eigenvalue weighted by atomic mass is 35.5. The zero-order valence-electron chi connectivity index (χ0n) is 7.98. The molecule has 0 aliphatic rings. The van der Waals surface area contributed by atoms with Gasteiger partial charge in [-0.25, -0.2) is 9.97 Å². The van der Waals surface area contributed by atoms with Crippen LogP contribution in [-0.4, -0.2) is 16.5 Å². The molecule has 0 saturated carbocycles. The summed E-state index contributed by atoms with van der Waals surface area (Å²) in [5.74, 6) is 0.854. The fraction of sp³-hybridized carbons (Fsp3) is 0.200. The molecule has 0 bridgehead atoms. The molecule has 0 radical (unpaired) electrons. The molecule has 2 heterocycles. The van der Waals surface area contributed by atoms with E-state index in [9.17, 15) is 0 Å². The van der Waals surface area contributed by atoms with Gasteiger partial charge >= 0.3 is 0 Å². The van der Waals surface area contributed by atoms with Crippen molar-refractivity contribution in [2.24, 2.45) is 0 Å². The Morgan fingerprint density at radius 1 is 1.33 bits per heavy atom. The van der Waals surface area contributed by atoms with E-state index in [1.807, 2.05) is 12.1 Å². The van der Waals surface area contributed by atoms with E-state index < -0.39 is 0 Å². The van der Waals surface area contributed by atoms with Gasteiger partial charge in [0.05, 0.1) is 4.34 Å². The third-order valence-corrected chi connectivity index (χ3v) is 3.18. The summed E-state index contributed by atoms with van der Waals surface area (Å²) in [6.45, 7) is 0.855. The lowest BCUT2D eigenvalue weighted by atomic mass is 10.3. The number of nitrogens with zero attached hydrogens (tertiary/aromatic N) is 2. The highest BCUT2D eigenvalue weighted by Crippen LogP contribution is 2.21. The van der Waals surface area contributed by atoms with Crippen LogP contribution in [0, 0.1) is 0 Å². The SMILES string of the molecule is Clc1ccc(CCNc2ccncn2)s1. The number of anilines is 1. The second kappa shape index (κ2) is 5.09. The summed E-state index contributed by atoms with van der Waals surface area (Å²) < 4.78 is 0.840. The smallest absolute Gasteiger partial charge is 0.129 e. The van der Waals surface area contributed by atoms with E-state index in [0.717, 1.165) is 23.1 Å². The minimum Gasteiger partial charge on any atom is -0.370 e. The zero-order chi connectivity index (χ0) is 10.5. The fourth-order valence-electron chi connectivity index (χ4n) is 1.20. The van der Waals surface area contributed by atoms with Gasteiger partial charge in [-0.05, 0) is 24.6 Å². The summed E-state index contributed by atoms with van der Waals surface area (Å²) in [7, 11) is 0. The molecule has 0 aromatic carbocycles. The van der Waals surface area contributed by atoms with Crippen LogP contribution in [0.3, 0.4) is 0 Å². The lowest BCUT2D eigenvalue weighted by molar-refractivity contribution is 1.02. The van der Waals surface area contributed by atoms with Crippen molar-refractivity contribution in [1.29, 1.82) is 0 Å². The lowest BCUT2D eigenvalue weighted by Crippen LogP contribution is -2.05. The predicted molar refractivity (Wildman–Crippen MR) is 63.6 cm³/mol. The first kappa shape index (κ1) is 10.4. The standard InChI is InChI=1S/C10H10ClN3S/c11-9-2-1-8(15-9)3-6-13-10-4-5-12-7-14-10/h1-2,4-5,7H,3,6H2,(H,12,13,14). The molecule has 2 aromatic rings. The van der Waals surface area contributed by atoms with E-state index in [1.165, 1.54) is 11.2 Å². The van der Waals surface area contributed by atoms with Crippen LogP contribution < -0.4 is 5.32 Å². The van der Waals surface area contributed by atoms with Gasteiger partial charge in [-0.15, -0.1) is 11.3 Å². The molecule has 15 heavy (non-hydrogen) atoms. The topological polar surface area (TPSA) is 37.8 Å². The lowest BCUT2D eigenvalue weighted by Gasteiger charge is -2.02. The van der Waals surface area contributed by atoms with E-state index in [2.05, 4.69) is 21.4 Å². The van der Waals surface area contributed by atoms with Crippen molar-refractivity contribution >= 4 is 28.8 Å². The third kappa shape index (κ3) is 3.18. The molecule has 0 spiro atoms. The molecule has 0 fully saturated rings. The second-order valence-electron chi connectivity index (χ2n) is 2.98. The summed E-state index contributed by atoms with van der Waals surface area (Å²) in [5.41, 5.74) is 0. The van der Waals surface area contributed by atoms with Crippen molar-refractivity contribution in [3.63, 3.8) is 0 Å². The molecule has 3 nitrogen and oxygen atoms in total. The molecule has 2 aromatic heterocycles. The number of halogens is 1. The maximum atomic E-state index is 5.83. The Balaban J connectivity index is 1.80. The average molecular weight is 240 g/mol. The summed E-state index contributed by atoms with van der Waals surface area (Å²) in [6.07, 6.45) is 4.21. The van der Waals surface area contributed by atoms with Crippen molar-refractivity contribution in [2.75, 3.05) is 11.9 Å². The summed E-state index contributed by atoms with van der Waals surface area (Å²) in [5, 5.41) is 3.21. The van der Waals surface area contributed by atoms with Gasteiger partial charge in [0.1, 0.15) is 12.1 Å². The van der Waals surface area contributed by atoms with Gasteiger partial charge in [0.2, 0.25) is 0 Å². The Bertz CT molecular complexity index is 416. The molecule has 0 atom stereocenters. The number of nitrogens with one attached hydrogen (secondary N) is 1. The predicted octanol–water partition coefficient (Wildman–Crippen LogP) is 2.85. The maximum Gasteiger partial charge on any atom is 0.129 e. The van der Waals surface area contributed by atoms with Gasteiger partial charge in [0, 0.05) is 17.6 Å². The molecular weight excluding hydrogens is 230 g/mol. The summed E-state index contributed by atoms with van der Waals surface area (Å²) in [6, 6.07) is 5.82. The van der Waals surface area contributed by atoms with Crippen LogP contribution in [0.5, 0.6) is 0 Å². The van der Waals surface area contributed by atoms with Crippen molar-refractivity contribution in [3.05, 3.63) is 39.9 Å². The van der Waals surface area contributed by atoms with Gasteiger partial charge < -0.3 is 5.32 Å². The van der Waals surface area contributed by atoms with Crippen LogP contribution in [0.4, 0.5) is 5.82 Å². The van der Waals surface area contributed by atoms with Crippen molar-refractivity contribution in [2.45, 2.75) is 6.42 Å². The molecule has 0 amide bonds.